The quantitative estimate of drug-likeness (QED) is 0.616. The molecule has 1 aromatic heterocycles. The van der Waals surface area contributed by atoms with Crippen LogP contribution in [0.2, 0.25) is 0 Å². The van der Waals surface area contributed by atoms with Crippen LogP contribution in [0.4, 0.5) is 6.01 Å². The van der Waals surface area contributed by atoms with Crippen molar-refractivity contribution in [1.82, 2.24) is 10.2 Å². The summed E-state index contributed by atoms with van der Waals surface area (Å²) in [4.78, 5) is 12.2. The molecule has 0 bridgehead atoms. The number of carbonyl (C=O) groups is 1. The topological polar surface area (TPSA) is 68.0 Å². The number of aromatic nitrogens is 2. The number of hydrogen-bond acceptors (Lipinski definition) is 4. The van der Waals surface area contributed by atoms with E-state index in [4.69, 9.17) is 4.42 Å². The minimum atomic E-state index is -0.262. The van der Waals surface area contributed by atoms with Crippen molar-refractivity contribution >= 4 is 34.5 Å². The van der Waals surface area contributed by atoms with Crippen molar-refractivity contribution in [2.75, 3.05) is 5.32 Å². The molecule has 0 atom stereocenters. The van der Waals surface area contributed by atoms with Crippen LogP contribution in [-0.4, -0.2) is 16.1 Å². The summed E-state index contributed by atoms with van der Waals surface area (Å²) in [5.74, 6) is 0.208. The lowest BCUT2D eigenvalue weighted by Crippen LogP contribution is -2.13. The van der Waals surface area contributed by atoms with E-state index in [1.165, 1.54) is 5.56 Å². The number of nitrogens with zero attached hydrogens (tertiary/aromatic N) is 2. The first kappa shape index (κ1) is 16.6. The van der Waals surface area contributed by atoms with Crippen LogP contribution in [0.1, 0.15) is 34.3 Å². The van der Waals surface area contributed by atoms with E-state index in [9.17, 15) is 4.79 Å². The summed E-state index contributed by atoms with van der Waals surface area (Å²) in [5.41, 5.74) is 2.95. The van der Waals surface area contributed by atoms with Crippen LogP contribution in [0, 0.1) is 3.57 Å². The van der Waals surface area contributed by atoms with E-state index in [2.05, 4.69) is 57.2 Å². The zero-order valence-electron chi connectivity index (χ0n) is 13.1. The molecule has 5 nitrogen and oxygen atoms in total. The van der Waals surface area contributed by atoms with Crippen LogP contribution in [0.3, 0.4) is 0 Å². The average Bonchev–Trinajstić information content (AvgIpc) is 3.02. The predicted octanol–water partition coefficient (Wildman–Crippen LogP) is 4.08. The van der Waals surface area contributed by atoms with Gasteiger partial charge in [0.05, 0.1) is 12.0 Å². The van der Waals surface area contributed by atoms with Crippen LogP contribution in [-0.2, 0) is 12.8 Å². The highest BCUT2D eigenvalue weighted by Crippen LogP contribution is 2.16. The third kappa shape index (κ3) is 4.00. The third-order valence-corrected chi connectivity index (χ3v) is 4.53. The van der Waals surface area contributed by atoms with Crippen LogP contribution >= 0.6 is 22.6 Å². The number of carbonyl (C=O) groups excluding carboxylic acids is 1. The predicted molar refractivity (Wildman–Crippen MR) is 100 cm³/mol. The molecule has 3 rings (SSSR count). The van der Waals surface area contributed by atoms with Gasteiger partial charge in [-0.25, -0.2) is 0 Å². The van der Waals surface area contributed by atoms with Crippen molar-refractivity contribution in [1.29, 1.82) is 0 Å². The summed E-state index contributed by atoms with van der Waals surface area (Å²) in [5, 5.41) is 10.5. The van der Waals surface area contributed by atoms with Gasteiger partial charge in [-0.2, -0.15) is 0 Å². The fourth-order valence-electron chi connectivity index (χ4n) is 2.25. The normalized spacial score (nSPS) is 10.6. The molecule has 0 aliphatic rings. The maximum absolute atomic E-state index is 12.2. The SMILES string of the molecule is CCc1ccc(Cc2nnc(NC(=O)c3ccccc3I)o2)cc1. The second kappa shape index (κ2) is 7.57. The zero-order chi connectivity index (χ0) is 16.9. The van der Waals surface area contributed by atoms with Gasteiger partial charge < -0.3 is 4.42 Å². The highest BCUT2D eigenvalue weighted by molar-refractivity contribution is 14.1. The first-order valence-electron chi connectivity index (χ1n) is 7.62. The summed E-state index contributed by atoms with van der Waals surface area (Å²) in [6, 6.07) is 15.7. The maximum atomic E-state index is 12.2. The van der Waals surface area contributed by atoms with Crippen LogP contribution in [0.15, 0.2) is 52.9 Å². The molecule has 0 aliphatic carbocycles. The van der Waals surface area contributed by atoms with E-state index < -0.39 is 0 Å². The summed E-state index contributed by atoms with van der Waals surface area (Å²) in [7, 11) is 0. The van der Waals surface area contributed by atoms with E-state index in [1.54, 1.807) is 6.07 Å². The smallest absolute Gasteiger partial charge is 0.322 e. The molecule has 1 heterocycles. The molecule has 122 valence electrons. The minimum Gasteiger partial charge on any atom is -0.407 e. The van der Waals surface area contributed by atoms with E-state index in [0.717, 1.165) is 15.6 Å². The van der Waals surface area contributed by atoms with Crippen LogP contribution in [0.5, 0.6) is 0 Å². The molecule has 2 aromatic carbocycles. The molecular formula is C18H16IN3O2. The summed E-state index contributed by atoms with van der Waals surface area (Å²) in [6.45, 7) is 2.12. The molecule has 0 radical (unpaired) electrons. The molecule has 3 aromatic rings. The molecule has 24 heavy (non-hydrogen) atoms. The molecule has 1 amide bonds. The fraction of sp³-hybridized carbons (Fsp3) is 0.167. The number of aryl methyl sites for hydroxylation is 1. The lowest BCUT2D eigenvalue weighted by molar-refractivity contribution is 0.102. The Balaban J connectivity index is 1.67. The number of nitrogens with one attached hydrogen (secondary N) is 1. The summed E-state index contributed by atoms with van der Waals surface area (Å²) in [6.07, 6.45) is 1.55. The second-order valence-corrected chi connectivity index (χ2v) is 6.44. The van der Waals surface area contributed by atoms with Gasteiger partial charge >= 0.3 is 6.01 Å². The van der Waals surface area contributed by atoms with E-state index in [1.807, 2.05) is 30.3 Å². The van der Waals surface area contributed by atoms with Gasteiger partial charge in [-0.05, 0) is 52.3 Å². The molecule has 0 saturated heterocycles. The average molecular weight is 433 g/mol. The van der Waals surface area contributed by atoms with Crippen molar-refractivity contribution in [3.05, 3.63) is 74.7 Å². The van der Waals surface area contributed by atoms with Crippen molar-refractivity contribution < 1.29 is 9.21 Å². The van der Waals surface area contributed by atoms with E-state index in [-0.39, 0.29) is 11.9 Å². The summed E-state index contributed by atoms with van der Waals surface area (Å²) < 4.78 is 6.38. The molecule has 0 saturated carbocycles. The Labute approximate surface area is 153 Å². The van der Waals surface area contributed by atoms with Gasteiger partial charge in [0.1, 0.15) is 0 Å². The molecule has 0 aliphatic heterocycles. The molecular weight excluding hydrogens is 417 g/mol. The Morgan fingerprint density at radius 2 is 1.79 bits per heavy atom. The lowest BCUT2D eigenvalue weighted by Gasteiger charge is -2.02. The second-order valence-electron chi connectivity index (χ2n) is 5.28. The largest absolute Gasteiger partial charge is 0.407 e. The molecule has 0 fully saturated rings. The third-order valence-electron chi connectivity index (χ3n) is 3.59. The van der Waals surface area contributed by atoms with Crippen molar-refractivity contribution in [3.63, 3.8) is 0 Å². The van der Waals surface area contributed by atoms with Gasteiger partial charge in [0, 0.05) is 3.57 Å². The lowest BCUT2D eigenvalue weighted by atomic mass is 10.1. The number of anilines is 1. The van der Waals surface area contributed by atoms with Crippen molar-refractivity contribution in [2.24, 2.45) is 0 Å². The molecule has 1 N–H and O–H groups in total. The van der Waals surface area contributed by atoms with Gasteiger partial charge in [0.2, 0.25) is 5.89 Å². The molecule has 6 heteroatoms. The van der Waals surface area contributed by atoms with Gasteiger partial charge in [0.15, 0.2) is 0 Å². The number of rotatable bonds is 5. The van der Waals surface area contributed by atoms with E-state index in [0.29, 0.717) is 17.9 Å². The van der Waals surface area contributed by atoms with Crippen LogP contribution in [0.25, 0.3) is 0 Å². The van der Waals surface area contributed by atoms with Crippen molar-refractivity contribution in [2.45, 2.75) is 19.8 Å². The van der Waals surface area contributed by atoms with Gasteiger partial charge in [-0.3, -0.25) is 10.1 Å². The first-order valence-corrected chi connectivity index (χ1v) is 8.69. The Kier molecular flexibility index (Phi) is 5.24. The number of hydrogen-bond donors (Lipinski definition) is 1. The van der Waals surface area contributed by atoms with Crippen molar-refractivity contribution in [3.8, 4) is 0 Å². The fourth-order valence-corrected chi connectivity index (χ4v) is 2.89. The van der Waals surface area contributed by atoms with E-state index >= 15 is 0 Å². The highest BCUT2D eigenvalue weighted by atomic mass is 127. The summed E-state index contributed by atoms with van der Waals surface area (Å²) >= 11 is 2.12. The maximum Gasteiger partial charge on any atom is 0.322 e. The Hall–Kier alpha value is -2.22. The zero-order valence-corrected chi connectivity index (χ0v) is 15.3. The number of benzene rings is 2. The highest BCUT2D eigenvalue weighted by Gasteiger charge is 2.13. The monoisotopic (exact) mass is 433 g/mol. The Bertz CT molecular complexity index is 843. The number of halogens is 1. The van der Waals surface area contributed by atoms with Gasteiger partial charge in [-0.1, -0.05) is 48.4 Å². The first-order chi connectivity index (χ1) is 11.7. The standard InChI is InChI=1S/C18H16IN3O2/c1-2-12-7-9-13(10-8-12)11-16-21-22-18(24-16)20-17(23)14-5-3-4-6-15(14)19/h3-10H,2,11H2,1H3,(H,20,22,23). The minimum absolute atomic E-state index is 0.111. The Morgan fingerprint density at radius 3 is 2.50 bits per heavy atom. The number of amides is 1. The van der Waals surface area contributed by atoms with Gasteiger partial charge in [0.25, 0.3) is 5.91 Å². The Morgan fingerprint density at radius 1 is 1.08 bits per heavy atom. The van der Waals surface area contributed by atoms with Gasteiger partial charge in [-0.15, -0.1) is 5.10 Å². The molecule has 0 spiro atoms. The van der Waals surface area contributed by atoms with Crippen LogP contribution < -0.4 is 5.32 Å². The molecule has 0 unspecified atom stereocenters.